The minimum absolute atomic E-state index is 0.0736. The summed E-state index contributed by atoms with van der Waals surface area (Å²) in [4.78, 5) is 0. The molecule has 2 aliphatic rings. The Bertz CT molecular complexity index is 466. The van der Waals surface area contributed by atoms with Crippen molar-refractivity contribution in [3.8, 4) is 0 Å². The van der Waals surface area contributed by atoms with Crippen molar-refractivity contribution < 1.29 is 4.74 Å². The van der Waals surface area contributed by atoms with Gasteiger partial charge in [-0.1, -0.05) is 49.9 Å². The van der Waals surface area contributed by atoms with E-state index in [4.69, 9.17) is 10.6 Å². The number of ether oxygens (including phenoxy) is 1. The summed E-state index contributed by atoms with van der Waals surface area (Å²) in [6, 6.07) is 9.04. The van der Waals surface area contributed by atoms with Gasteiger partial charge in [0.2, 0.25) is 0 Å². The van der Waals surface area contributed by atoms with Gasteiger partial charge in [0.15, 0.2) is 0 Å². The maximum Gasteiger partial charge on any atom is 0.0844 e. The lowest BCUT2D eigenvalue weighted by Crippen LogP contribution is -2.55. The van der Waals surface area contributed by atoms with Gasteiger partial charge in [-0.15, -0.1) is 0 Å². The van der Waals surface area contributed by atoms with Crippen molar-refractivity contribution in [3.05, 3.63) is 35.4 Å². The van der Waals surface area contributed by atoms with E-state index in [0.29, 0.717) is 5.92 Å². The summed E-state index contributed by atoms with van der Waals surface area (Å²) in [5.41, 5.74) is 6.04. The Hall–Kier alpha value is -0.900. The lowest BCUT2D eigenvalue weighted by Gasteiger charge is -2.42. The number of hydrogen-bond donors (Lipinski definition) is 2. The van der Waals surface area contributed by atoms with Crippen molar-refractivity contribution in [2.45, 2.75) is 68.9 Å². The van der Waals surface area contributed by atoms with Gasteiger partial charge >= 0.3 is 0 Å². The molecular formula is C18H28N2O. The average molecular weight is 288 g/mol. The second-order valence-corrected chi connectivity index (χ2v) is 6.74. The van der Waals surface area contributed by atoms with E-state index < -0.39 is 0 Å². The molecule has 2 aliphatic carbocycles. The highest BCUT2D eigenvalue weighted by Crippen LogP contribution is 2.42. The summed E-state index contributed by atoms with van der Waals surface area (Å²) in [5, 5.41) is 0. The molecule has 1 fully saturated rings. The lowest BCUT2D eigenvalue weighted by molar-refractivity contribution is -0.0568. The average Bonchev–Trinajstić information content (AvgIpc) is 2.75. The van der Waals surface area contributed by atoms with E-state index in [0.717, 1.165) is 19.3 Å². The number of methoxy groups -OCH3 is 1. The Morgan fingerprint density at radius 3 is 2.57 bits per heavy atom. The Morgan fingerprint density at radius 1 is 1.24 bits per heavy atom. The molecule has 0 heterocycles. The first-order chi connectivity index (χ1) is 10.3. The van der Waals surface area contributed by atoms with Crippen LogP contribution in [-0.4, -0.2) is 18.8 Å². The zero-order valence-electron chi connectivity index (χ0n) is 13.1. The number of fused-ring (bicyclic) bond motifs is 1. The van der Waals surface area contributed by atoms with Crippen LogP contribution in [0.1, 0.15) is 62.0 Å². The molecule has 1 saturated carbocycles. The van der Waals surface area contributed by atoms with Crippen LogP contribution in [0.5, 0.6) is 0 Å². The molecule has 0 saturated heterocycles. The van der Waals surface area contributed by atoms with Crippen molar-refractivity contribution in [3.63, 3.8) is 0 Å². The van der Waals surface area contributed by atoms with Crippen LogP contribution in [0, 0.1) is 0 Å². The fourth-order valence-corrected chi connectivity index (χ4v) is 4.31. The minimum atomic E-state index is -0.0736. The third kappa shape index (κ3) is 2.87. The maximum absolute atomic E-state index is 6.03. The quantitative estimate of drug-likeness (QED) is 0.496. The number of nitrogens with two attached hydrogens (primary N) is 1. The maximum atomic E-state index is 6.03. The molecule has 1 aromatic carbocycles. The van der Waals surface area contributed by atoms with Crippen LogP contribution in [0.15, 0.2) is 24.3 Å². The van der Waals surface area contributed by atoms with E-state index in [2.05, 4.69) is 29.7 Å². The van der Waals surface area contributed by atoms with E-state index >= 15 is 0 Å². The van der Waals surface area contributed by atoms with Crippen LogP contribution in [0.25, 0.3) is 0 Å². The normalized spacial score (nSPS) is 25.5. The van der Waals surface area contributed by atoms with Crippen LogP contribution >= 0.6 is 0 Å². The van der Waals surface area contributed by atoms with Gasteiger partial charge < -0.3 is 4.74 Å². The van der Waals surface area contributed by atoms with Crippen LogP contribution in [0.3, 0.4) is 0 Å². The Balaban J connectivity index is 1.72. The fourth-order valence-electron chi connectivity index (χ4n) is 4.31. The third-order valence-corrected chi connectivity index (χ3v) is 5.67. The first-order valence-electron chi connectivity index (χ1n) is 8.38. The SMILES string of the molecule is COC1(C(CC2Cc3ccccc32)NN)CCCCCC1. The van der Waals surface area contributed by atoms with E-state index in [1.165, 1.54) is 43.2 Å². The van der Waals surface area contributed by atoms with Crippen molar-refractivity contribution in [2.24, 2.45) is 5.84 Å². The van der Waals surface area contributed by atoms with Crippen molar-refractivity contribution in [1.29, 1.82) is 0 Å². The molecule has 3 heteroatoms. The molecule has 0 amide bonds. The van der Waals surface area contributed by atoms with E-state index in [1.54, 1.807) is 0 Å². The lowest BCUT2D eigenvalue weighted by atomic mass is 9.71. The van der Waals surface area contributed by atoms with Crippen LogP contribution in [-0.2, 0) is 11.2 Å². The molecule has 3 nitrogen and oxygen atoms in total. The van der Waals surface area contributed by atoms with Crippen LogP contribution in [0.2, 0.25) is 0 Å². The summed E-state index contributed by atoms with van der Waals surface area (Å²) in [7, 11) is 1.87. The number of hydrogen-bond acceptors (Lipinski definition) is 3. The van der Waals surface area contributed by atoms with Crippen LogP contribution in [0.4, 0.5) is 0 Å². The summed E-state index contributed by atoms with van der Waals surface area (Å²) in [6.07, 6.45) is 9.71. The zero-order chi connectivity index (χ0) is 14.7. The summed E-state index contributed by atoms with van der Waals surface area (Å²) >= 11 is 0. The largest absolute Gasteiger partial charge is 0.377 e. The zero-order valence-corrected chi connectivity index (χ0v) is 13.1. The van der Waals surface area contributed by atoms with Gasteiger partial charge in [-0.25, -0.2) is 0 Å². The molecular weight excluding hydrogens is 260 g/mol. The van der Waals surface area contributed by atoms with Gasteiger partial charge in [0, 0.05) is 7.11 Å². The third-order valence-electron chi connectivity index (χ3n) is 5.67. The molecule has 0 aromatic heterocycles. The van der Waals surface area contributed by atoms with Gasteiger partial charge in [-0.05, 0) is 42.7 Å². The monoisotopic (exact) mass is 288 g/mol. The first-order valence-corrected chi connectivity index (χ1v) is 8.38. The molecule has 0 bridgehead atoms. The molecule has 2 atom stereocenters. The molecule has 0 aliphatic heterocycles. The van der Waals surface area contributed by atoms with Gasteiger partial charge in [0.05, 0.1) is 11.6 Å². The van der Waals surface area contributed by atoms with E-state index in [-0.39, 0.29) is 11.6 Å². The van der Waals surface area contributed by atoms with Crippen molar-refractivity contribution >= 4 is 0 Å². The predicted molar refractivity (Wildman–Crippen MR) is 86.1 cm³/mol. The Morgan fingerprint density at radius 2 is 1.95 bits per heavy atom. The van der Waals surface area contributed by atoms with Gasteiger partial charge in [0.25, 0.3) is 0 Å². The van der Waals surface area contributed by atoms with Gasteiger partial charge in [-0.3, -0.25) is 11.3 Å². The van der Waals surface area contributed by atoms with Crippen LogP contribution < -0.4 is 11.3 Å². The smallest absolute Gasteiger partial charge is 0.0844 e. The second-order valence-electron chi connectivity index (χ2n) is 6.74. The molecule has 116 valence electrons. The highest BCUT2D eigenvalue weighted by molar-refractivity contribution is 5.40. The predicted octanol–water partition coefficient (Wildman–Crippen LogP) is 3.29. The molecule has 2 unspecified atom stereocenters. The minimum Gasteiger partial charge on any atom is -0.377 e. The number of benzene rings is 1. The van der Waals surface area contributed by atoms with E-state index in [9.17, 15) is 0 Å². The molecule has 3 N–H and O–H groups in total. The molecule has 0 spiro atoms. The van der Waals surface area contributed by atoms with Gasteiger partial charge in [-0.2, -0.15) is 0 Å². The second kappa shape index (κ2) is 6.47. The number of rotatable bonds is 5. The highest BCUT2D eigenvalue weighted by atomic mass is 16.5. The Labute approximate surface area is 128 Å². The summed E-state index contributed by atoms with van der Waals surface area (Å²) < 4.78 is 6.03. The molecule has 0 radical (unpaired) electrons. The standard InChI is InChI=1S/C18H28N2O/c1-21-18(10-6-2-3-7-11-18)17(20-19)13-15-12-14-8-4-5-9-16(14)15/h4-5,8-9,15,17,20H,2-3,6-7,10-13,19H2,1H3. The molecule has 3 rings (SSSR count). The fraction of sp³-hybridized carbons (Fsp3) is 0.667. The molecule has 1 aromatic rings. The van der Waals surface area contributed by atoms with Gasteiger partial charge in [0.1, 0.15) is 0 Å². The number of hydrazine groups is 1. The van der Waals surface area contributed by atoms with Crippen molar-refractivity contribution in [1.82, 2.24) is 5.43 Å². The highest BCUT2D eigenvalue weighted by Gasteiger charge is 2.41. The van der Waals surface area contributed by atoms with E-state index in [1.807, 2.05) is 7.11 Å². The first kappa shape index (κ1) is 15.0. The summed E-state index contributed by atoms with van der Waals surface area (Å²) in [5.74, 6) is 6.57. The number of nitrogens with one attached hydrogen (secondary N) is 1. The topological polar surface area (TPSA) is 47.3 Å². The molecule has 21 heavy (non-hydrogen) atoms. The summed E-state index contributed by atoms with van der Waals surface area (Å²) in [6.45, 7) is 0. The Kier molecular flexibility index (Phi) is 4.63. The van der Waals surface area contributed by atoms with Crippen molar-refractivity contribution in [2.75, 3.05) is 7.11 Å².